The van der Waals surface area contributed by atoms with Crippen LogP contribution >= 0.6 is 0 Å². The molecule has 0 spiro atoms. The van der Waals surface area contributed by atoms with E-state index in [9.17, 15) is 27.0 Å². The van der Waals surface area contributed by atoms with E-state index in [1.54, 1.807) is 75.2 Å². The number of nitrogens with zero attached hydrogens (tertiary/aromatic N) is 4. The van der Waals surface area contributed by atoms with Crippen LogP contribution in [0.25, 0.3) is 66.1 Å². The largest absolute Gasteiger partial charge is 0.478 e. The molecule has 0 aliphatic carbocycles. The molecule has 9 aromatic rings. The van der Waals surface area contributed by atoms with Crippen LogP contribution in [0, 0.1) is 0 Å². The lowest BCUT2D eigenvalue weighted by Gasteiger charge is -2.22. The number of fused-ring (bicyclic) bond motifs is 15. The van der Waals surface area contributed by atoms with Crippen LogP contribution < -0.4 is 14.2 Å². The number of benzene rings is 6. The average molecular weight is 1030 g/mol. The number of carbonyl (C=O) groups excluding carboxylic acids is 2. The first kappa shape index (κ1) is 51.5. The fourth-order valence-electron chi connectivity index (χ4n) is 8.34. The normalized spacial score (nSPS) is 14.8. The second-order valence-corrected chi connectivity index (χ2v) is 19.5. The minimum absolute atomic E-state index is 0. The molecule has 10 N–H and O–H groups in total. The molecule has 6 heterocycles. The van der Waals surface area contributed by atoms with Gasteiger partial charge in [0, 0.05) is 87.8 Å². The van der Waals surface area contributed by atoms with E-state index in [1.165, 1.54) is 18.1 Å². The molecule has 0 radical (unpaired) electrons. The van der Waals surface area contributed by atoms with Gasteiger partial charge in [0.15, 0.2) is 33.0 Å². The number of rotatable bonds is 3. The summed E-state index contributed by atoms with van der Waals surface area (Å²) in [6, 6.07) is 38.0. The van der Waals surface area contributed by atoms with Crippen molar-refractivity contribution in [1.29, 1.82) is 0 Å². The lowest BCUT2D eigenvalue weighted by Crippen LogP contribution is -2.22. The molecule has 0 saturated carbocycles. The van der Waals surface area contributed by atoms with Crippen LogP contribution in [-0.2, 0) is 37.7 Å². The van der Waals surface area contributed by atoms with Crippen molar-refractivity contribution in [2.75, 3.05) is 35.4 Å². The quantitative estimate of drug-likeness (QED) is 0.134. The topological polar surface area (TPSA) is 304 Å². The number of anilines is 3. The molecule has 0 bridgehead atoms. The third kappa shape index (κ3) is 9.25. The number of aromatic carboxylic acids is 1. The Morgan fingerprint density at radius 2 is 0.833 bits per heavy atom. The van der Waals surface area contributed by atoms with Gasteiger partial charge in [0.1, 0.15) is 0 Å². The molecule has 3 aliphatic rings. The van der Waals surface area contributed by atoms with Crippen molar-refractivity contribution in [3.8, 4) is 33.4 Å². The summed E-state index contributed by atoms with van der Waals surface area (Å²) in [7, 11) is 0.556. The summed E-state index contributed by atoms with van der Waals surface area (Å²) in [6.07, 6.45) is 5.10. The summed E-state index contributed by atoms with van der Waals surface area (Å²) in [5, 5.41) is 12.0. The van der Waals surface area contributed by atoms with Gasteiger partial charge in [-0.15, -0.1) is 0 Å². The number of carbonyl (C=O) groups is 3. The molecule has 3 aromatic heterocycles. The zero-order valence-corrected chi connectivity index (χ0v) is 40.6. The standard InChI is InChI=1S/C18H15N3O2S.C17H12N2O3S.C16H10N2O3S.3H2O/c1-21(2)18(22)12-6-8-15-14(10-12)13-7-5-11-4-3-9-19-16(11)17(13)20-24(15)23;1-22-17(20)11-5-7-14-13(9-11)12-6-4-10-3-2-8-18-15(10)16(12)19-23(14)21;19-16(20)10-4-6-13-12(8-10)11-5-3-9-2-1-7-17-14(9)15(11)18-22(13)21;;;/h3-10,20H,1-2H3;2-9,19H,1H3;1-8,18H,(H,19,20);3*1H2. The second-order valence-electron chi connectivity index (χ2n) is 15.9. The van der Waals surface area contributed by atoms with E-state index in [1.807, 2.05) is 78.9 Å². The predicted octanol–water partition coefficient (Wildman–Crippen LogP) is 6.76. The number of pyridine rings is 3. The first-order valence-electron chi connectivity index (χ1n) is 21.0. The number of ether oxygens (including phenoxy) is 1. The highest BCUT2D eigenvalue weighted by Gasteiger charge is 2.28. The van der Waals surface area contributed by atoms with E-state index >= 15 is 0 Å². The third-order valence-electron chi connectivity index (χ3n) is 11.6. The van der Waals surface area contributed by atoms with Gasteiger partial charge in [-0.2, -0.15) is 0 Å². The highest BCUT2D eigenvalue weighted by molar-refractivity contribution is 7.87. The van der Waals surface area contributed by atoms with Crippen LogP contribution in [0.2, 0.25) is 0 Å². The number of esters is 1. The Morgan fingerprint density at radius 1 is 0.486 bits per heavy atom. The maximum absolute atomic E-state index is 12.6. The highest BCUT2D eigenvalue weighted by atomic mass is 32.2. The number of hydrogen-bond acceptors (Lipinski definition) is 10. The van der Waals surface area contributed by atoms with Crippen molar-refractivity contribution in [2.24, 2.45) is 0 Å². The predicted molar refractivity (Wildman–Crippen MR) is 279 cm³/mol. The van der Waals surface area contributed by atoms with Crippen molar-refractivity contribution < 1.29 is 53.3 Å². The van der Waals surface area contributed by atoms with E-state index in [4.69, 9.17) is 9.84 Å². The minimum atomic E-state index is -1.44. The fraction of sp³-hybridized carbons (Fsp3) is 0.0588. The van der Waals surface area contributed by atoms with E-state index < -0.39 is 44.9 Å². The van der Waals surface area contributed by atoms with Gasteiger partial charge in [0.2, 0.25) is 0 Å². The van der Waals surface area contributed by atoms with Crippen LogP contribution in [0.15, 0.2) is 161 Å². The molecular weight excluding hydrogens is 983 g/mol. The van der Waals surface area contributed by atoms with Crippen molar-refractivity contribution in [2.45, 2.75) is 14.7 Å². The van der Waals surface area contributed by atoms with Crippen molar-refractivity contribution in [1.82, 2.24) is 19.9 Å². The Hall–Kier alpha value is -8.31. The zero-order valence-electron chi connectivity index (χ0n) is 38.2. The first-order chi connectivity index (χ1) is 33.4. The Morgan fingerprint density at radius 3 is 1.19 bits per heavy atom. The highest BCUT2D eigenvalue weighted by Crippen LogP contribution is 2.44. The Balaban J connectivity index is 0.000000155. The summed E-state index contributed by atoms with van der Waals surface area (Å²) in [6.45, 7) is 0. The molecule has 0 saturated heterocycles. The Labute approximate surface area is 417 Å². The van der Waals surface area contributed by atoms with Gasteiger partial charge in [0.05, 0.1) is 66.5 Å². The number of hydrogen-bond donors (Lipinski definition) is 4. The molecule has 366 valence electrons. The molecule has 0 fully saturated rings. The molecule has 21 heteroatoms. The summed E-state index contributed by atoms with van der Waals surface area (Å²) in [5.74, 6) is -1.51. The van der Waals surface area contributed by atoms with Crippen molar-refractivity contribution in [3.05, 3.63) is 163 Å². The lowest BCUT2D eigenvalue weighted by molar-refractivity contribution is 0.0599. The van der Waals surface area contributed by atoms with E-state index in [0.717, 1.165) is 71.9 Å². The van der Waals surface area contributed by atoms with Crippen LogP contribution in [0.4, 0.5) is 17.1 Å². The Kier molecular flexibility index (Phi) is 15.0. The molecular formula is C51H43N7O11S3. The van der Waals surface area contributed by atoms with E-state index in [-0.39, 0.29) is 27.9 Å². The van der Waals surface area contributed by atoms with E-state index in [0.29, 0.717) is 37.1 Å². The number of carboxylic acids is 1. The summed E-state index contributed by atoms with van der Waals surface area (Å²) in [5.41, 5.74) is 10.4. The summed E-state index contributed by atoms with van der Waals surface area (Å²) in [4.78, 5) is 51.8. The van der Waals surface area contributed by atoms with Crippen molar-refractivity contribution >= 4 is 101 Å². The fourth-order valence-corrected chi connectivity index (χ4v) is 11.5. The molecule has 6 aromatic carbocycles. The first-order valence-corrected chi connectivity index (χ1v) is 24.5. The Bertz CT molecular complexity index is 3740. The molecule has 3 unspecified atom stereocenters. The number of amides is 1. The van der Waals surface area contributed by atoms with Gasteiger partial charge in [-0.05, 0) is 72.8 Å². The molecule has 12 rings (SSSR count). The van der Waals surface area contributed by atoms with Crippen LogP contribution in [0.1, 0.15) is 31.1 Å². The van der Waals surface area contributed by atoms with Crippen LogP contribution in [0.3, 0.4) is 0 Å². The van der Waals surface area contributed by atoms with Crippen LogP contribution in [0.5, 0.6) is 0 Å². The molecule has 18 nitrogen and oxygen atoms in total. The molecule has 3 aliphatic heterocycles. The SMILES string of the molecule is CN(C)C(=O)c1ccc2c(c1)-c1ccc3cccnc3c1NS2=O.COC(=O)c1ccc2c(c1)-c1ccc3cccnc3c1NS2=O.O.O.O.O=C(O)c1ccc2c(c1)-c1ccc3cccnc3c1NS2=O. The van der Waals surface area contributed by atoms with Gasteiger partial charge >= 0.3 is 11.9 Å². The van der Waals surface area contributed by atoms with Gasteiger partial charge < -0.3 is 31.2 Å². The zero-order chi connectivity index (χ0) is 48.1. The minimum Gasteiger partial charge on any atom is -0.478 e. The van der Waals surface area contributed by atoms with Crippen molar-refractivity contribution in [3.63, 3.8) is 0 Å². The average Bonchev–Trinajstić information content (AvgIpc) is 3.38. The summed E-state index contributed by atoms with van der Waals surface area (Å²) >= 11 is 0. The molecule has 1 amide bonds. The monoisotopic (exact) mass is 1030 g/mol. The molecule has 3 atom stereocenters. The third-order valence-corrected chi connectivity index (χ3v) is 15.1. The second kappa shape index (κ2) is 21.0. The van der Waals surface area contributed by atoms with Gasteiger partial charge in [-0.3, -0.25) is 33.9 Å². The number of aromatic nitrogens is 3. The maximum Gasteiger partial charge on any atom is 0.337 e. The smallest absolute Gasteiger partial charge is 0.337 e. The molecule has 72 heavy (non-hydrogen) atoms. The lowest BCUT2D eigenvalue weighted by atomic mass is 9.98. The van der Waals surface area contributed by atoms with Gasteiger partial charge in [-0.1, -0.05) is 54.6 Å². The number of carboxylic acid groups (broad SMARTS) is 1. The van der Waals surface area contributed by atoms with E-state index in [2.05, 4.69) is 29.1 Å². The van der Waals surface area contributed by atoms with Gasteiger partial charge in [0.25, 0.3) is 5.91 Å². The van der Waals surface area contributed by atoms with Gasteiger partial charge in [-0.25, -0.2) is 22.2 Å². The number of nitrogens with one attached hydrogen (secondary N) is 3. The maximum atomic E-state index is 12.6. The number of methoxy groups -OCH3 is 1. The summed E-state index contributed by atoms with van der Waals surface area (Å²) < 4.78 is 51.3. The van der Waals surface area contributed by atoms with Crippen LogP contribution in [-0.4, -0.2) is 93.1 Å².